The predicted molar refractivity (Wildman–Crippen MR) is 106 cm³/mol. The number of carbonyl (C=O) groups is 1. The van der Waals surface area contributed by atoms with E-state index in [1.54, 1.807) is 23.1 Å². The molecule has 2 heterocycles. The number of nitrogens with zero attached hydrogens (tertiary/aromatic N) is 1. The van der Waals surface area contributed by atoms with Gasteiger partial charge in [0, 0.05) is 42.8 Å². The summed E-state index contributed by atoms with van der Waals surface area (Å²) in [5.74, 6) is -0.933. The van der Waals surface area contributed by atoms with Crippen LogP contribution in [0.25, 0.3) is 10.9 Å². The van der Waals surface area contributed by atoms with Gasteiger partial charge in [-0.25, -0.2) is 8.78 Å². The molecule has 1 aromatic heterocycles. The molecular formula is C22H23F2N3O2. The number of nitrogens with one attached hydrogen (secondary N) is 2. The predicted octanol–water partition coefficient (Wildman–Crippen LogP) is 3.09. The fourth-order valence-electron chi connectivity index (χ4n) is 3.85. The minimum atomic E-state index is -1.48. The number of aromatic amines is 1. The van der Waals surface area contributed by atoms with Crippen molar-refractivity contribution in [2.24, 2.45) is 0 Å². The number of H-pyrrole nitrogens is 1. The molecule has 152 valence electrons. The Hall–Kier alpha value is -2.77. The van der Waals surface area contributed by atoms with E-state index < -0.39 is 5.60 Å². The van der Waals surface area contributed by atoms with E-state index in [0.717, 1.165) is 22.2 Å². The molecule has 1 fully saturated rings. The number of likely N-dealkylation sites (tertiary alicyclic amines) is 1. The molecule has 2 aromatic carbocycles. The number of aromatic nitrogens is 1. The summed E-state index contributed by atoms with van der Waals surface area (Å²) in [5, 5.41) is 14.8. The van der Waals surface area contributed by atoms with Gasteiger partial charge >= 0.3 is 0 Å². The van der Waals surface area contributed by atoms with E-state index in [1.165, 1.54) is 24.3 Å². The molecule has 1 saturated heterocycles. The van der Waals surface area contributed by atoms with E-state index in [-0.39, 0.29) is 24.1 Å². The lowest BCUT2D eigenvalue weighted by molar-refractivity contribution is -0.157. The van der Waals surface area contributed by atoms with E-state index >= 15 is 0 Å². The average molecular weight is 399 g/mol. The first-order chi connectivity index (χ1) is 13.9. The Bertz CT molecular complexity index is 1020. The maximum atomic E-state index is 13.3. The number of fused-ring (bicyclic) bond motifs is 1. The Morgan fingerprint density at radius 1 is 1.10 bits per heavy atom. The highest BCUT2D eigenvalue weighted by atomic mass is 19.1. The zero-order valence-electron chi connectivity index (χ0n) is 15.9. The average Bonchev–Trinajstić information content (AvgIpc) is 3.09. The van der Waals surface area contributed by atoms with Gasteiger partial charge in [-0.1, -0.05) is 12.1 Å². The molecule has 4 rings (SSSR count). The van der Waals surface area contributed by atoms with Crippen LogP contribution in [-0.4, -0.2) is 39.6 Å². The summed E-state index contributed by atoms with van der Waals surface area (Å²) in [6.45, 7) is 1.44. The lowest BCUT2D eigenvalue weighted by atomic mass is 9.91. The Morgan fingerprint density at radius 2 is 1.86 bits per heavy atom. The van der Waals surface area contributed by atoms with Gasteiger partial charge in [0.05, 0.1) is 0 Å². The van der Waals surface area contributed by atoms with Crippen LogP contribution < -0.4 is 5.32 Å². The van der Waals surface area contributed by atoms with Gasteiger partial charge in [0.25, 0.3) is 5.91 Å². The second-order valence-electron chi connectivity index (χ2n) is 7.62. The van der Waals surface area contributed by atoms with Crippen LogP contribution in [0, 0.1) is 11.6 Å². The van der Waals surface area contributed by atoms with Crippen LogP contribution in [0.3, 0.4) is 0 Å². The number of aliphatic hydroxyl groups is 1. The maximum absolute atomic E-state index is 13.3. The van der Waals surface area contributed by atoms with Gasteiger partial charge in [0.1, 0.15) is 11.6 Å². The number of hydrogen-bond donors (Lipinski definition) is 3. The number of carbonyl (C=O) groups excluding carboxylic acids is 1. The molecule has 0 saturated carbocycles. The number of amides is 1. The van der Waals surface area contributed by atoms with E-state index in [9.17, 15) is 18.7 Å². The van der Waals surface area contributed by atoms with Gasteiger partial charge in [0.15, 0.2) is 5.60 Å². The van der Waals surface area contributed by atoms with Crippen molar-refractivity contribution < 1.29 is 18.7 Å². The third kappa shape index (κ3) is 4.31. The molecule has 0 aliphatic carbocycles. The topological polar surface area (TPSA) is 68.4 Å². The SMILES string of the molecule is O=C1N(Cc2ccc(F)cc2)CCCC1(O)CNCc1cc2cc(F)ccc2[nH]1. The highest BCUT2D eigenvalue weighted by Gasteiger charge is 2.41. The number of rotatable bonds is 6. The van der Waals surface area contributed by atoms with Crippen LogP contribution in [0.1, 0.15) is 24.1 Å². The summed E-state index contributed by atoms with van der Waals surface area (Å²) >= 11 is 0. The van der Waals surface area contributed by atoms with Gasteiger partial charge in [-0.05, 0) is 54.8 Å². The monoisotopic (exact) mass is 399 g/mol. The van der Waals surface area contributed by atoms with Gasteiger partial charge in [-0.15, -0.1) is 0 Å². The molecule has 0 radical (unpaired) electrons. The van der Waals surface area contributed by atoms with Crippen LogP contribution in [0.5, 0.6) is 0 Å². The summed E-state index contributed by atoms with van der Waals surface area (Å²) in [4.78, 5) is 17.7. The molecule has 3 aromatic rings. The van der Waals surface area contributed by atoms with Gasteiger partial charge in [-0.2, -0.15) is 0 Å². The molecule has 1 atom stereocenters. The van der Waals surface area contributed by atoms with Gasteiger partial charge in [-0.3, -0.25) is 4.79 Å². The van der Waals surface area contributed by atoms with E-state index in [4.69, 9.17) is 0 Å². The Labute approximate surface area is 167 Å². The molecule has 1 amide bonds. The minimum Gasteiger partial charge on any atom is -0.379 e. The zero-order chi connectivity index (χ0) is 20.4. The summed E-state index contributed by atoms with van der Waals surface area (Å²) in [7, 11) is 0. The largest absolute Gasteiger partial charge is 0.379 e. The third-order valence-corrected chi connectivity index (χ3v) is 5.36. The molecule has 1 aliphatic rings. The number of halogens is 2. The van der Waals surface area contributed by atoms with Crippen LogP contribution in [0.4, 0.5) is 8.78 Å². The summed E-state index contributed by atoms with van der Waals surface area (Å²) in [5.41, 5.74) is 1.03. The molecular weight excluding hydrogens is 376 g/mol. The van der Waals surface area contributed by atoms with Crippen molar-refractivity contribution in [2.45, 2.75) is 31.5 Å². The second-order valence-corrected chi connectivity index (χ2v) is 7.62. The number of benzene rings is 2. The molecule has 1 unspecified atom stereocenters. The molecule has 29 heavy (non-hydrogen) atoms. The normalized spacial score (nSPS) is 19.8. The van der Waals surface area contributed by atoms with Crippen LogP contribution in [-0.2, 0) is 17.9 Å². The Kier molecular flexibility index (Phi) is 5.34. The summed E-state index contributed by atoms with van der Waals surface area (Å²) in [6.07, 6.45) is 1.08. The van der Waals surface area contributed by atoms with E-state index in [1.807, 2.05) is 6.07 Å². The first-order valence-electron chi connectivity index (χ1n) is 9.67. The highest BCUT2D eigenvalue weighted by molar-refractivity contribution is 5.86. The quantitative estimate of drug-likeness (QED) is 0.597. The van der Waals surface area contributed by atoms with Crippen molar-refractivity contribution in [3.63, 3.8) is 0 Å². The molecule has 0 bridgehead atoms. The second kappa shape index (κ2) is 7.93. The van der Waals surface area contributed by atoms with Crippen molar-refractivity contribution in [3.05, 3.63) is 71.4 Å². The summed E-state index contributed by atoms with van der Waals surface area (Å²) in [6, 6.07) is 12.4. The van der Waals surface area contributed by atoms with Gasteiger partial charge < -0.3 is 20.3 Å². The minimum absolute atomic E-state index is 0.121. The smallest absolute Gasteiger partial charge is 0.256 e. The highest BCUT2D eigenvalue weighted by Crippen LogP contribution is 2.24. The first kappa shape index (κ1) is 19.5. The maximum Gasteiger partial charge on any atom is 0.256 e. The first-order valence-corrected chi connectivity index (χ1v) is 9.67. The molecule has 5 nitrogen and oxygen atoms in total. The molecule has 3 N–H and O–H groups in total. The Morgan fingerprint density at radius 3 is 2.66 bits per heavy atom. The lowest BCUT2D eigenvalue weighted by Gasteiger charge is -2.38. The number of piperidine rings is 1. The molecule has 0 spiro atoms. The van der Waals surface area contributed by atoms with Crippen molar-refractivity contribution in [2.75, 3.05) is 13.1 Å². The standard InChI is InChI=1S/C22H23F2N3O2/c23-17-4-2-15(3-5-17)13-27-9-1-8-22(29,21(27)28)14-25-12-19-11-16-10-18(24)6-7-20(16)26-19/h2-7,10-11,25-26,29H,1,8-9,12-14H2. The van der Waals surface area contributed by atoms with Crippen molar-refractivity contribution in [1.82, 2.24) is 15.2 Å². The number of hydrogen-bond acceptors (Lipinski definition) is 3. The lowest BCUT2D eigenvalue weighted by Crippen LogP contribution is -2.57. The third-order valence-electron chi connectivity index (χ3n) is 5.36. The fourth-order valence-corrected chi connectivity index (χ4v) is 3.85. The van der Waals surface area contributed by atoms with Crippen LogP contribution in [0.2, 0.25) is 0 Å². The van der Waals surface area contributed by atoms with Crippen molar-refractivity contribution in [1.29, 1.82) is 0 Å². The zero-order valence-corrected chi connectivity index (χ0v) is 15.9. The Balaban J connectivity index is 1.37. The molecule has 7 heteroatoms. The van der Waals surface area contributed by atoms with Crippen molar-refractivity contribution in [3.8, 4) is 0 Å². The fraction of sp³-hybridized carbons (Fsp3) is 0.318. The molecule has 1 aliphatic heterocycles. The summed E-state index contributed by atoms with van der Waals surface area (Å²) < 4.78 is 26.4. The van der Waals surface area contributed by atoms with Crippen LogP contribution in [0.15, 0.2) is 48.5 Å². The van der Waals surface area contributed by atoms with E-state index in [2.05, 4.69) is 10.3 Å². The van der Waals surface area contributed by atoms with Crippen molar-refractivity contribution >= 4 is 16.8 Å². The van der Waals surface area contributed by atoms with E-state index in [0.29, 0.717) is 32.5 Å². The van der Waals surface area contributed by atoms with Gasteiger partial charge in [0.2, 0.25) is 0 Å². The van der Waals surface area contributed by atoms with Crippen LogP contribution >= 0.6 is 0 Å².